The maximum atomic E-state index is 12.7. The van der Waals surface area contributed by atoms with Gasteiger partial charge in [0.15, 0.2) is 0 Å². The van der Waals surface area contributed by atoms with Crippen LogP contribution < -0.4 is 0 Å². The van der Waals surface area contributed by atoms with E-state index in [2.05, 4.69) is 62.9 Å². The van der Waals surface area contributed by atoms with E-state index in [1.54, 1.807) is 0 Å². The van der Waals surface area contributed by atoms with Crippen molar-refractivity contribution in [2.45, 2.75) is 65.2 Å². The van der Waals surface area contributed by atoms with Gasteiger partial charge in [0, 0.05) is 45.7 Å². The van der Waals surface area contributed by atoms with Crippen molar-refractivity contribution in [3.63, 3.8) is 0 Å². The molecule has 2 aliphatic rings. The monoisotopic (exact) mass is 425 g/mol. The molecular weight excluding hydrogens is 386 g/mol. The summed E-state index contributed by atoms with van der Waals surface area (Å²) < 4.78 is 0. The molecule has 2 heterocycles. The predicted molar refractivity (Wildman–Crippen MR) is 127 cm³/mol. The van der Waals surface area contributed by atoms with Gasteiger partial charge in [0.25, 0.3) is 0 Å². The fourth-order valence-electron chi connectivity index (χ4n) is 4.44. The Labute approximate surface area is 188 Å². The number of imide groups is 1. The lowest BCUT2D eigenvalue weighted by atomic mass is 9.86. The average Bonchev–Trinajstić information content (AvgIpc) is 3.18. The lowest BCUT2D eigenvalue weighted by molar-refractivity contribution is -0.125. The van der Waals surface area contributed by atoms with E-state index >= 15 is 0 Å². The second-order valence-electron chi connectivity index (χ2n) is 9.88. The Morgan fingerprint density at radius 1 is 1.06 bits per heavy atom. The molecule has 5 heteroatoms. The van der Waals surface area contributed by atoms with Crippen LogP contribution in [0.25, 0.3) is 5.57 Å². The van der Waals surface area contributed by atoms with Crippen LogP contribution in [0.5, 0.6) is 0 Å². The first-order valence-corrected chi connectivity index (χ1v) is 11.9. The van der Waals surface area contributed by atoms with E-state index in [-0.39, 0.29) is 17.4 Å². The normalized spacial score (nSPS) is 17.7. The Kier molecular flexibility index (Phi) is 7.93. The Morgan fingerprint density at radius 3 is 2.35 bits per heavy atom. The second-order valence-corrected chi connectivity index (χ2v) is 9.88. The number of amides is 3. The number of hydrogen-bond donors (Lipinski definition) is 0. The number of carbonyl (C=O) groups is 2. The molecule has 3 amide bonds. The molecule has 170 valence electrons. The summed E-state index contributed by atoms with van der Waals surface area (Å²) in [5, 5.41) is 0. The first-order valence-electron chi connectivity index (χ1n) is 11.9. The zero-order chi connectivity index (χ0) is 22.4. The van der Waals surface area contributed by atoms with Gasteiger partial charge in [-0.25, -0.2) is 4.79 Å². The van der Waals surface area contributed by atoms with Gasteiger partial charge in [-0.1, -0.05) is 58.0 Å². The average molecular weight is 426 g/mol. The molecule has 0 aromatic heterocycles. The summed E-state index contributed by atoms with van der Waals surface area (Å²) in [6, 6.07) is 8.94. The maximum Gasteiger partial charge on any atom is 0.326 e. The van der Waals surface area contributed by atoms with E-state index in [0.29, 0.717) is 13.0 Å². The molecular formula is C26H39N3O2. The predicted octanol–water partition coefficient (Wildman–Crippen LogP) is 4.92. The third-order valence-corrected chi connectivity index (χ3v) is 6.39. The molecule has 1 saturated heterocycles. The lowest BCUT2D eigenvalue weighted by Gasteiger charge is -2.29. The number of likely N-dealkylation sites (tertiary alicyclic amines) is 1. The molecule has 5 nitrogen and oxygen atoms in total. The molecule has 0 spiro atoms. The zero-order valence-electron chi connectivity index (χ0n) is 19.8. The van der Waals surface area contributed by atoms with Crippen molar-refractivity contribution in [2.24, 2.45) is 0 Å². The largest absolute Gasteiger partial charge is 0.326 e. The molecule has 0 radical (unpaired) electrons. The van der Waals surface area contributed by atoms with Crippen LogP contribution in [0.4, 0.5) is 4.79 Å². The summed E-state index contributed by atoms with van der Waals surface area (Å²) in [6.45, 7) is 13.8. The van der Waals surface area contributed by atoms with E-state index in [9.17, 15) is 9.59 Å². The smallest absolute Gasteiger partial charge is 0.324 e. The Balaban J connectivity index is 1.48. The third kappa shape index (κ3) is 6.19. The highest BCUT2D eigenvalue weighted by Crippen LogP contribution is 2.27. The fourth-order valence-corrected chi connectivity index (χ4v) is 4.44. The van der Waals surface area contributed by atoms with Gasteiger partial charge >= 0.3 is 6.03 Å². The minimum atomic E-state index is -0.0936. The van der Waals surface area contributed by atoms with Gasteiger partial charge in [-0.05, 0) is 47.8 Å². The fraction of sp³-hybridized carbons (Fsp3) is 0.615. The van der Waals surface area contributed by atoms with Gasteiger partial charge < -0.3 is 4.90 Å². The zero-order valence-corrected chi connectivity index (χ0v) is 19.8. The van der Waals surface area contributed by atoms with Crippen molar-refractivity contribution < 1.29 is 9.59 Å². The standard InChI is InChI=1S/C26H39N3O2/c1-5-15-28(25(31)29-18-6-8-24(29)30)17-7-16-27-19-13-22(14-20-27)21-9-11-23(12-10-21)26(2,3)4/h9-13H,5-8,14-20H2,1-4H3. The molecule has 1 aromatic carbocycles. The van der Waals surface area contributed by atoms with E-state index in [1.807, 2.05) is 4.90 Å². The number of nitrogens with zero attached hydrogens (tertiary/aromatic N) is 3. The Bertz CT molecular complexity index is 792. The first-order chi connectivity index (χ1) is 14.8. The van der Waals surface area contributed by atoms with Crippen LogP contribution in [0, 0.1) is 0 Å². The summed E-state index contributed by atoms with van der Waals surface area (Å²) >= 11 is 0. The van der Waals surface area contributed by atoms with E-state index in [4.69, 9.17) is 0 Å². The number of carbonyl (C=O) groups excluding carboxylic acids is 2. The van der Waals surface area contributed by atoms with Crippen molar-refractivity contribution in [3.8, 4) is 0 Å². The maximum absolute atomic E-state index is 12.7. The highest BCUT2D eigenvalue weighted by Gasteiger charge is 2.29. The second kappa shape index (κ2) is 10.4. The molecule has 1 aromatic rings. The number of hydrogen-bond acceptors (Lipinski definition) is 3. The molecule has 1 fully saturated rings. The van der Waals surface area contributed by atoms with Crippen LogP contribution in [0.15, 0.2) is 30.3 Å². The molecule has 0 bridgehead atoms. The summed E-state index contributed by atoms with van der Waals surface area (Å²) in [4.78, 5) is 30.4. The highest BCUT2D eigenvalue weighted by molar-refractivity contribution is 5.95. The minimum absolute atomic E-state index is 0.0182. The van der Waals surface area contributed by atoms with E-state index in [0.717, 1.165) is 58.4 Å². The van der Waals surface area contributed by atoms with Gasteiger partial charge in [0.1, 0.15) is 0 Å². The van der Waals surface area contributed by atoms with Crippen LogP contribution in [0.3, 0.4) is 0 Å². The summed E-state index contributed by atoms with van der Waals surface area (Å²) in [5.41, 5.74) is 4.33. The summed E-state index contributed by atoms with van der Waals surface area (Å²) in [7, 11) is 0. The minimum Gasteiger partial charge on any atom is -0.324 e. The van der Waals surface area contributed by atoms with Crippen LogP contribution in [-0.2, 0) is 10.2 Å². The lowest BCUT2D eigenvalue weighted by Crippen LogP contribution is -2.45. The molecule has 0 aliphatic carbocycles. The van der Waals surface area contributed by atoms with Crippen LogP contribution >= 0.6 is 0 Å². The van der Waals surface area contributed by atoms with Gasteiger partial charge in [-0.3, -0.25) is 14.6 Å². The molecule has 3 rings (SSSR count). The van der Waals surface area contributed by atoms with Crippen LogP contribution in [0.2, 0.25) is 0 Å². The molecule has 0 unspecified atom stereocenters. The van der Waals surface area contributed by atoms with Crippen LogP contribution in [-0.4, -0.2) is 65.9 Å². The molecule has 2 aliphatic heterocycles. The Hall–Kier alpha value is -2.14. The quantitative estimate of drug-likeness (QED) is 0.623. The first kappa shape index (κ1) is 23.5. The van der Waals surface area contributed by atoms with Crippen LogP contribution in [0.1, 0.15) is 70.9 Å². The number of urea groups is 1. The van der Waals surface area contributed by atoms with Gasteiger partial charge in [-0.2, -0.15) is 0 Å². The number of benzene rings is 1. The Morgan fingerprint density at radius 2 is 1.81 bits per heavy atom. The van der Waals surface area contributed by atoms with Crippen molar-refractivity contribution >= 4 is 17.5 Å². The SMILES string of the molecule is CCCN(CCCN1CC=C(c2ccc(C(C)(C)C)cc2)CC1)C(=O)N1CCCC1=O. The third-order valence-electron chi connectivity index (χ3n) is 6.39. The topological polar surface area (TPSA) is 43.9 Å². The van der Waals surface area contributed by atoms with Crippen molar-refractivity contribution in [3.05, 3.63) is 41.5 Å². The van der Waals surface area contributed by atoms with Gasteiger partial charge in [-0.15, -0.1) is 0 Å². The van der Waals surface area contributed by atoms with Crippen molar-refractivity contribution in [1.29, 1.82) is 0 Å². The van der Waals surface area contributed by atoms with E-state index < -0.39 is 0 Å². The molecule has 0 N–H and O–H groups in total. The number of rotatable bonds is 7. The van der Waals surface area contributed by atoms with Gasteiger partial charge in [0.05, 0.1) is 0 Å². The van der Waals surface area contributed by atoms with Gasteiger partial charge in [0.2, 0.25) is 5.91 Å². The highest BCUT2D eigenvalue weighted by atomic mass is 16.2. The van der Waals surface area contributed by atoms with E-state index in [1.165, 1.54) is 21.6 Å². The molecule has 0 saturated carbocycles. The molecule has 0 atom stereocenters. The van der Waals surface area contributed by atoms with Crippen molar-refractivity contribution in [2.75, 3.05) is 39.3 Å². The van der Waals surface area contributed by atoms with Crippen molar-refractivity contribution in [1.82, 2.24) is 14.7 Å². The molecule has 31 heavy (non-hydrogen) atoms. The summed E-state index contributed by atoms with van der Waals surface area (Å²) in [5.74, 6) is -0.0182. The summed E-state index contributed by atoms with van der Waals surface area (Å²) in [6.07, 6.45) is 6.58.